The molecule has 4 aliphatic rings. The van der Waals surface area contributed by atoms with Gasteiger partial charge in [0.1, 0.15) is 11.6 Å². The smallest absolute Gasteiger partial charge is 0.253 e. The number of aliphatic hydroxyl groups excluding tert-OH is 1. The Morgan fingerprint density at radius 3 is 2.20 bits per heavy atom. The minimum absolute atomic E-state index is 0.133. The molecular weight excluding hydrogens is 530 g/mol. The highest BCUT2D eigenvalue weighted by atomic mass is 35.5. The van der Waals surface area contributed by atoms with Crippen LogP contribution in [0, 0.1) is 11.8 Å². The van der Waals surface area contributed by atoms with Gasteiger partial charge in [-0.05, 0) is 49.2 Å². The first-order valence-corrected chi connectivity index (χ1v) is 14.1. The fourth-order valence-electron chi connectivity index (χ4n) is 6.93. The summed E-state index contributed by atoms with van der Waals surface area (Å²) in [6, 6.07) is 15.4. The molecule has 208 valence electrons. The highest BCUT2D eigenvalue weighted by molar-refractivity contribution is 6.30. The van der Waals surface area contributed by atoms with Crippen molar-refractivity contribution < 1.29 is 24.2 Å². The third-order valence-electron chi connectivity index (χ3n) is 8.70. The topological polar surface area (TPSA) is 90.4 Å². The van der Waals surface area contributed by atoms with E-state index in [9.17, 15) is 19.5 Å². The average molecular weight is 562 g/mol. The molecule has 2 fully saturated rings. The number of nitrogens with zero attached hydrogens (tertiary/aromatic N) is 3. The van der Waals surface area contributed by atoms with E-state index < -0.39 is 29.1 Å². The van der Waals surface area contributed by atoms with E-state index in [1.165, 1.54) is 4.90 Å². The lowest BCUT2D eigenvalue weighted by atomic mass is 9.73. The van der Waals surface area contributed by atoms with Crippen LogP contribution in [0.3, 0.4) is 0 Å². The first-order valence-electron chi connectivity index (χ1n) is 13.8. The van der Waals surface area contributed by atoms with Crippen LogP contribution < -0.4 is 9.80 Å². The molecule has 2 aromatic rings. The molecule has 0 aromatic heterocycles. The lowest BCUT2D eigenvalue weighted by Gasteiger charge is -2.38. The Bertz CT molecular complexity index is 1380. The fraction of sp³-hybridized carbons (Fsp3) is 0.387. The predicted octanol–water partition coefficient (Wildman–Crippen LogP) is 3.59. The third kappa shape index (κ3) is 3.92. The molecule has 1 unspecified atom stereocenters. The second kappa shape index (κ2) is 10.2. The van der Waals surface area contributed by atoms with E-state index >= 15 is 0 Å². The van der Waals surface area contributed by atoms with Crippen molar-refractivity contribution in [3.8, 4) is 0 Å². The van der Waals surface area contributed by atoms with Gasteiger partial charge in [-0.15, -0.1) is 0 Å². The Morgan fingerprint density at radius 1 is 0.875 bits per heavy atom. The van der Waals surface area contributed by atoms with E-state index in [4.69, 9.17) is 16.3 Å². The Hall–Kier alpha value is -3.46. The van der Waals surface area contributed by atoms with Crippen molar-refractivity contribution in [2.45, 2.75) is 37.0 Å². The molecule has 5 atom stereocenters. The predicted molar refractivity (Wildman–Crippen MR) is 152 cm³/mol. The normalized spacial score (nSPS) is 31.2. The highest BCUT2D eigenvalue weighted by Crippen LogP contribution is 2.58. The minimum Gasteiger partial charge on any atom is -0.396 e. The van der Waals surface area contributed by atoms with Crippen LogP contribution in [0.4, 0.5) is 11.4 Å². The maximum atomic E-state index is 14.4. The number of halogens is 1. The Morgan fingerprint density at radius 2 is 1.52 bits per heavy atom. The number of benzene rings is 2. The Labute approximate surface area is 238 Å². The quantitative estimate of drug-likeness (QED) is 0.544. The van der Waals surface area contributed by atoms with Gasteiger partial charge in [0.2, 0.25) is 11.8 Å². The van der Waals surface area contributed by atoms with Gasteiger partial charge in [0.25, 0.3) is 5.91 Å². The molecule has 8 nitrogen and oxygen atoms in total. The van der Waals surface area contributed by atoms with Gasteiger partial charge in [-0.2, -0.15) is 0 Å². The largest absolute Gasteiger partial charge is 0.396 e. The van der Waals surface area contributed by atoms with Crippen LogP contribution in [0.1, 0.15) is 19.8 Å². The number of hydrogen-bond acceptors (Lipinski definition) is 5. The van der Waals surface area contributed by atoms with Crippen LogP contribution in [0.5, 0.6) is 0 Å². The number of amides is 3. The second-order valence-electron chi connectivity index (χ2n) is 10.7. The van der Waals surface area contributed by atoms with Crippen LogP contribution in [-0.4, -0.2) is 71.2 Å². The molecule has 4 heterocycles. The molecule has 2 aromatic carbocycles. The zero-order chi connectivity index (χ0) is 28.1. The average Bonchev–Trinajstić information content (AvgIpc) is 3.25. The summed E-state index contributed by atoms with van der Waals surface area (Å²) in [6.45, 7) is 2.63. The van der Waals surface area contributed by atoms with Gasteiger partial charge in [0, 0.05) is 42.6 Å². The van der Waals surface area contributed by atoms with E-state index in [2.05, 4.69) is 0 Å². The Kier molecular flexibility index (Phi) is 6.81. The lowest BCUT2D eigenvalue weighted by Crippen LogP contribution is -2.56. The zero-order valence-electron chi connectivity index (χ0n) is 22.3. The number of aliphatic hydroxyl groups is 1. The van der Waals surface area contributed by atoms with Crippen LogP contribution in [0.2, 0.25) is 5.02 Å². The molecule has 0 saturated carbocycles. The van der Waals surface area contributed by atoms with Crippen LogP contribution in [0.15, 0.2) is 78.9 Å². The van der Waals surface area contributed by atoms with E-state index in [1.807, 2.05) is 61.6 Å². The molecule has 1 N–H and O–H groups in total. The van der Waals surface area contributed by atoms with Gasteiger partial charge in [-0.25, -0.2) is 0 Å². The van der Waals surface area contributed by atoms with Crippen LogP contribution >= 0.6 is 11.6 Å². The van der Waals surface area contributed by atoms with Crippen molar-refractivity contribution in [3.05, 3.63) is 83.9 Å². The van der Waals surface area contributed by atoms with Crippen molar-refractivity contribution in [2.75, 3.05) is 36.0 Å². The zero-order valence-corrected chi connectivity index (χ0v) is 23.0. The number of ether oxygens (including phenoxy) is 1. The SMILES string of the molecule is CC[C@]12C=CCN(c3ccccc3)C(=O)[C@H]1[C@H]1C(=O)N(CCCO)C3C(=O)N(c4ccc(Cl)cc4)CC=C[C@@]31O2. The van der Waals surface area contributed by atoms with Crippen molar-refractivity contribution in [2.24, 2.45) is 11.8 Å². The summed E-state index contributed by atoms with van der Waals surface area (Å²) in [5.41, 5.74) is -1.00. The third-order valence-corrected chi connectivity index (χ3v) is 8.95. The number of anilines is 2. The van der Waals surface area contributed by atoms with Crippen molar-refractivity contribution in [1.29, 1.82) is 0 Å². The van der Waals surface area contributed by atoms with E-state index in [-0.39, 0.29) is 37.4 Å². The monoisotopic (exact) mass is 561 g/mol. The van der Waals surface area contributed by atoms with Gasteiger partial charge in [0.15, 0.2) is 0 Å². The maximum absolute atomic E-state index is 14.4. The molecule has 3 amide bonds. The van der Waals surface area contributed by atoms with E-state index in [0.29, 0.717) is 30.1 Å². The molecule has 2 saturated heterocycles. The number of carbonyl (C=O) groups excluding carboxylic acids is 3. The van der Waals surface area contributed by atoms with Gasteiger partial charge in [-0.1, -0.05) is 61.0 Å². The summed E-state index contributed by atoms with van der Waals surface area (Å²) in [6.07, 6.45) is 8.31. The highest BCUT2D eigenvalue weighted by Gasteiger charge is 2.75. The Balaban J connectivity index is 1.48. The van der Waals surface area contributed by atoms with Crippen molar-refractivity contribution >= 4 is 40.7 Å². The van der Waals surface area contributed by atoms with Gasteiger partial charge >= 0.3 is 0 Å². The number of para-hydroxylation sites is 1. The number of hydrogen-bond donors (Lipinski definition) is 1. The van der Waals surface area contributed by atoms with Crippen LogP contribution in [0.25, 0.3) is 0 Å². The number of rotatable bonds is 6. The summed E-state index contributed by atoms with van der Waals surface area (Å²) in [5, 5.41) is 10.2. The van der Waals surface area contributed by atoms with Gasteiger partial charge in [-0.3, -0.25) is 14.4 Å². The molecule has 0 aliphatic carbocycles. The molecule has 40 heavy (non-hydrogen) atoms. The second-order valence-corrected chi connectivity index (χ2v) is 11.2. The number of likely N-dealkylation sites (tertiary alicyclic amines) is 1. The van der Waals surface area contributed by atoms with Gasteiger partial charge < -0.3 is 24.5 Å². The maximum Gasteiger partial charge on any atom is 0.253 e. The molecule has 6 rings (SSSR count). The first-order chi connectivity index (χ1) is 19.4. The molecule has 0 radical (unpaired) electrons. The summed E-state index contributed by atoms with van der Waals surface area (Å²) in [7, 11) is 0. The fourth-order valence-corrected chi connectivity index (χ4v) is 7.06. The van der Waals surface area contributed by atoms with E-state index in [1.54, 1.807) is 34.1 Å². The summed E-state index contributed by atoms with van der Waals surface area (Å²) < 4.78 is 6.97. The summed E-state index contributed by atoms with van der Waals surface area (Å²) >= 11 is 6.11. The lowest BCUT2D eigenvalue weighted by molar-refractivity contribution is -0.145. The van der Waals surface area contributed by atoms with E-state index in [0.717, 1.165) is 5.69 Å². The first kappa shape index (κ1) is 26.7. The molecule has 4 aliphatic heterocycles. The van der Waals surface area contributed by atoms with Gasteiger partial charge in [0.05, 0.1) is 17.4 Å². The molecule has 1 spiro atoms. The summed E-state index contributed by atoms with van der Waals surface area (Å²) in [5.74, 6) is -2.52. The minimum atomic E-state index is -1.34. The molecule has 0 bridgehead atoms. The summed E-state index contributed by atoms with van der Waals surface area (Å²) in [4.78, 5) is 48.0. The molecule has 9 heteroatoms. The molecular formula is C31H32ClN3O5. The van der Waals surface area contributed by atoms with Crippen LogP contribution in [-0.2, 0) is 19.1 Å². The standard InChI is InChI=1S/C31H32ClN3O5/c1-2-30-15-6-17-33(22-9-4-3-5-10-22)27(37)24(30)25-28(38)35(19-8-20-36)26-29(39)34(18-7-16-31(25,26)40-30)23-13-11-21(32)12-14-23/h3-7,9-16,24-26,36H,2,8,17-20H2,1H3/t24-,25+,26?,30+,31+/m1/s1. The van der Waals surface area contributed by atoms with Crippen molar-refractivity contribution in [1.82, 2.24) is 4.90 Å². The number of fused-ring (bicyclic) bond motifs is 2. The number of carbonyl (C=O) groups is 3. The van der Waals surface area contributed by atoms with Crippen molar-refractivity contribution in [3.63, 3.8) is 0 Å².